The number of rotatable bonds is 6. The van der Waals surface area contributed by atoms with Crippen molar-refractivity contribution >= 4 is 38.7 Å². The maximum absolute atomic E-state index is 12.7. The van der Waals surface area contributed by atoms with Crippen molar-refractivity contribution < 1.29 is 8.42 Å². The highest BCUT2D eigenvalue weighted by Gasteiger charge is 2.20. The fraction of sp³-hybridized carbons (Fsp3) is 0.353. The molecule has 0 spiro atoms. The molecular weight excluding hydrogens is 364 g/mol. The van der Waals surface area contributed by atoms with Crippen molar-refractivity contribution in [3.05, 3.63) is 50.2 Å². The van der Waals surface area contributed by atoms with Gasteiger partial charge in [0.2, 0.25) is 0 Å². The molecule has 0 aliphatic rings. The summed E-state index contributed by atoms with van der Waals surface area (Å²) in [5.74, 6) is 0. The number of aryl methyl sites for hydroxylation is 3. The Balaban J connectivity index is 2.37. The van der Waals surface area contributed by atoms with Gasteiger partial charge < -0.3 is 0 Å². The number of nitrogens with zero attached hydrogens (tertiary/aromatic N) is 1. The van der Waals surface area contributed by atoms with E-state index in [2.05, 4.69) is 9.93 Å². The second kappa shape index (κ2) is 7.68. The van der Waals surface area contributed by atoms with Gasteiger partial charge in [0.25, 0.3) is 10.0 Å². The van der Waals surface area contributed by atoms with Crippen molar-refractivity contribution in [1.82, 2.24) is 4.83 Å². The Hall–Kier alpha value is -1.37. The molecule has 1 aromatic carbocycles. The Kier molecular flexibility index (Phi) is 6.06. The summed E-state index contributed by atoms with van der Waals surface area (Å²) in [6.45, 7) is 7.56. The standard InChI is InChI=1S/C17H21ClN2O2S2/c1-5-6-14(15-7-8-16(18)23-15)19-20-24(21,22)17-12(3)9-11(2)10-13(17)4/h7-10,20H,5-6H2,1-4H3. The van der Waals surface area contributed by atoms with Crippen LogP contribution < -0.4 is 4.83 Å². The molecule has 2 rings (SSSR count). The molecule has 7 heteroatoms. The van der Waals surface area contributed by atoms with E-state index in [9.17, 15) is 8.42 Å². The zero-order valence-electron chi connectivity index (χ0n) is 14.2. The summed E-state index contributed by atoms with van der Waals surface area (Å²) < 4.78 is 26.0. The second-order valence-electron chi connectivity index (χ2n) is 5.73. The molecule has 0 saturated heterocycles. The summed E-state index contributed by atoms with van der Waals surface area (Å²) in [4.78, 5) is 3.56. The van der Waals surface area contributed by atoms with Gasteiger partial charge in [-0.2, -0.15) is 18.4 Å². The summed E-state index contributed by atoms with van der Waals surface area (Å²) >= 11 is 7.36. The van der Waals surface area contributed by atoms with Crippen LogP contribution in [0.3, 0.4) is 0 Å². The van der Waals surface area contributed by atoms with E-state index in [0.29, 0.717) is 27.6 Å². The number of halogens is 1. The van der Waals surface area contributed by atoms with Crippen LogP contribution in [0, 0.1) is 20.8 Å². The molecule has 0 bridgehead atoms. The fourth-order valence-electron chi connectivity index (χ4n) is 2.69. The summed E-state index contributed by atoms with van der Waals surface area (Å²) in [5, 5.41) is 4.18. The maximum atomic E-state index is 12.7. The maximum Gasteiger partial charge on any atom is 0.277 e. The second-order valence-corrected chi connectivity index (χ2v) is 9.05. The fourth-order valence-corrected chi connectivity index (χ4v) is 5.04. The van der Waals surface area contributed by atoms with Gasteiger partial charge in [0, 0.05) is 0 Å². The number of hydrogen-bond acceptors (Lipinski definition) is 4. The summed E-state index contributed by atoms with van der Waals surface area (Å²) in [6, 6.07) is 7.36. The van der Waals surface area contributed by atoms with Gasteiger partial charge in [0.15, 0.2) is 0 Å². The largest absolute Gasteiger partial charge is 0.277 e. The smallest absolute Gasteiger partial charge is 0.200 e. The van der Waals surface area contributed by atoms with Crippen LogP contribution in [0.15, 0.2) is 34.3 Å². The molecule has 1 N–H and O–H groups in total. The highest BCUT2D eigenvalue weighted by Crippen LogP contribution is 2.24. The van der Waals surface area contributed by atoms with Gasteiger partial charge in [0.1, 0.15) is 0 Å². The van der Waals surface area contributed by atoms with Crippen molar-refractivity contribution in [2.24, 2.45) is 5.10 Å². The molecule has 0 amide bonds. The molecule has 1 aromatic heterocycles. The molecule has 4 nitrogen and oxygen atoms in total. The van der Waals surface area contributed by atoms with E-state index in [1.54, 1.807) is 19.9 Å². The highest BCUT2D eigenvalue weighted by atomic mass is 35.5. The lowest BCUT2D eigenvalue weighted by atomic mass is 10.1. The summed E-state index contributed by atoms with van der Waals surface area (Å²) in [6.07, 6.45) is 1.53. The minimum absolute atomic E-state index is 0.289. The molecule has 0 atom stereocenters. The van der Waals surface area contributed by atoms with Crippen LogP contribution >= 0.6 is 22.9 Å². The van der Waals surface area contributed by atoms with Crippen molar-refractivity contribution in [2.45, 2.75) is 45.4 Å². The molecule has 0 radical (unpaired) electrons. The monoisotopic (exact) mass is 384 g/mol. The Morgan fingerprint density at radius 2 is 1.83 bits per heavy atom. The minimum atomic E-state index is -3.72. The third-order valence-corrected chi connectivity index (χ3v) is 6.31. The third-order valence-electron chi connectivity index (χ3n) is 3.52. The van der Waals surface area contributed by atoms with Crippen LogP contribution in [0.1, 0.15) is 41.3 Å². The molecule has 24 heavy (non-hydrogen) atoms. The van der Waals surface area contributed by atoms with E-state index >= 15 is 0 Å². The predicted octanol–water partition coefficient (Wildman–Crippen LogP) is 4.81. The van der Waals surface area contributed by atoms with Crippen LogP contribution in [0.4, 0.5) is 0 Å². The van der Waals surface area contributed by atoms with Crippen molar-refractivity contribution in [3.63, 3.8) is 0 Å². The van der Waals surface area contributed by atoms with E-state index in [1.165, 1.54) is 11.3 Å². The molecule has 0 aliphatic heterocycles. The summed E-state index contributed by atoms with van der Waals surface area (Å²) in [7, 11) is -3.72. The lowest BCUT2D eigenvalue weighted by Gasteiger charge is -2.12. The van der Waals surface area contributed by atoms with Crippen LogP contribution in [-0.4, -0.2) is 14.1 Å². The first kappa shape index (κ1) is 19.0. The molecular formula is C17H21ClN2O2S2. The Labute approximate surface area is 152 Å². The quantitative estimate of drug-likeness (QED) is 0.573. The van der Waals surface area contributed by atoms with E-state index < -0.39 is 10.0 Å². The van der Waals surface area contributed by atoms with Gasteiger partial charge in [0.05, 0.1) is 19.8 Å². The van der Waals surface area contributed by atoms with Gasteiger partial charge in [-0.1, -0.05) is 42.6 Å². The number of sulfonamides is 1. The molecule has 0 saturated carbocycles. The van der Waals surface area contributed by atoms with E-state index in [-0.39, 0.29) is 4.90 Å². The minimum Gasteiger partial charge on any atom is -0.200 e. The topological polar surface area (TPSA) is 58.5 Å². The number of benzene rings is 1. The molecule has 2 aromatic rings. The molecule has 0 fully saturated rings. The molecule has 0 unspecified atom stereocenters. The van der Waals surface area contributed by atoms with Gasteiger partial charge >= 0.3 is 0 Å². The van der Waals surface area contributed by atoms with Gasteiger partial charge in [-0.15, -0.1) is 11.3 Å². The lowest BCUT2D eigenvalue weighted by molar-refractivity contribution is 0.583. The number of hydrazone groups is 1. The first-order valence-electron chi connectivity index (χ1n) is 7.66. The van der Waals surface area contributed by atoms with E-state index in [4.69, 9.17) is 11.6 Å². The van der Waals surface area contributed by atoms with Gasteiger partial charge in [-0.05, 0) is 50.5 Å². The normalized spacial score (nSPS) is 12.5. The van der Waals surface area contributed by atoms with Crippen molar-refractivity contribution in [3.8, 4) is 0 Å². The SMILES string of the molecule is CCCC(=NNS(=O)(=O)c1c(C)cc(C)cc1C)c1ccc(Cl)s1. The average molecular weight is 385 g/mol. The van der Waals surface area contributed by atoms with Crippen LogP contribution in [0.25, 0.3) is 0 Å². The highest BCUT2D eigenvalue weighted by molar-refractivity contribution is 7.89. The van der Waals surface area contributed by atoms with Gasteiger partial charge in [-0.3, -0.25) is 0 Å². The van der Waals surface area contributed by atoms with Crippen LogP contribution in [0.2, 0.25) is 4.34 Å². The number of thiophene rings is 1. The first-order valence-corrected chi connectivity index (χ1v) is 10.3. The summed E-state index contributed by atoms with van der Waals surface area (Å²) in [5.41, 5.74) is 3.16. The Morgan fingerprint density at radius 1 is 1.21 bits per heavy atom. The number of nitrogens with one attached hydrogen (secondary N) is 1. The lowest BCUT2D eigenvalue weighted by Crippen LogP contribution is -2.22. The van der Waals surface area contributed by atoms with Crippen LogP contribution in [-0.2, 0) is 10.0 Å². The zero-order valence-corrected chi connectivity index (χ0v) is 16.6. The van der Waals surface area contributed by atoms with Crippen molar-refractivity contribution in [1.29, 1.82) is 0 Å². The molecule has 1 heterocycles. The molecule has 0 aliphatic carbocycles. The van der Waals surface area contributed by atoms with E-state index in [1.807, 2.05) is 32.0 Å². The average Bonchev–Trinajstić information content (AvgIpc) is 2.88. The third kappa shape index (κ3) is 4.37. The first-order chi connectivity index (χ1) is 11.2. The zero-order chi connectivity index (χ0) is 17.9. The molecule has 130 valence electrons. The Bertz CT molecular complexity index is 847. The van der Waals surface area contributed by atoms with E-state index in [0.717, 1.165) is 16.9 Å². The predicted molar refractivity (Wildman–Crippen MR) is 102 cm³/mol. The van der Waals surface area contributed by atoms with Gasteiger partial charge in [-0.25, -0.2) is 0 Å². The Morgan fingerprint density at radius 3 is 2.33 bits per heavy atom. The van der Waals surface area contributed by atoms with Crippen molar-refractivity contribution in [2.75, 3.05) is 0 Å². The van der Waals surface area contributed by atoms with Crippen LogP contribution in [0.5, 0.6) is 0 Å². The number of hydrogen-bond donors (Lipinski definition) is 1.